The number of fused-ring (bicyclic) bond motifs is 1. The second-order valence-electron chi connectivity index (χ2n) is 5.01. The van der Waals surface area contributed by atoms with Crippen LogP contribution >= 0.6 is 0 Å². The fraction of sp³-hybridized carbons (Fsp3) is 0.500. The van der Waals surface area contributed by atoms with Crippen LogP contribution in [0.3, 0.4) is 0 Å². The van der Waals surface area contributed by atoms with E-state index in [4.69, 9.17) is 14.2 Å². The van der Waals surface area contributed by atoms with Gasteiger partial charge in [0.15, 0.2) is 17.3 Å². The van der Waals surface area contributed by atoms with E-state index in [0.717, 1.165) is 18.4 Å². The van der Waals surface area contributed by atoms with Crippen molar-refractivity contribution in [2.75, 3.05) is 20.8 Å². The number of hydrogen-bond acceptors (Lipinski definition) is 5. The van der Waals surface area contributed by atoms with Gasteiger partial charge in [-0.3, -0.25) is 9.59 Å². The first-order valence-corrected chi connectivity index (χ1v) is 7.08. The normalized spacial score (nSPS) is 16.5. The van der Waals surface area contributed by atoms with Crippen molar-refractivity contribution >= 4 is 11.8 Å². The number of ether oxygens (including phenoxy) is 3. The summed E-state index contributed by atoms with van der Waals surface area (Å²) in [5.41, 5.74) is 1.32. The third-order valence-electron chi connectivity index (χ3n) is 3.64. The summed E-state index contributed by atoms with van der Waals surface area (Å²) >= 11 is 0. The molecular formula is C16H20O5. The molecule has 5 heteroatoms. The fourth-order valence-electron chi connectivity index (χ4n) is 2.43. The molecule has 0 heterocycles. The van der Waals surface area contributed by atoms with E-state index in [1.165, 1.54) is 14.2 Å². The molecule has 5 nitrogen and oxygen atoms in total. The van der Waals surface area contributed by atoms with Crippen LogP contribution < -0.4 is 9.47 Å². The zero-order valence-corrected chi connectivity index (χ0v) is 12.6. The van der Waals surface area contributed by atoms with E-state index in [0.29, 0.717) is 30.1 Å². The second kappa shape index (κ2) is 6.61. The number of Topliss-reactive ketones (excluding diaryl/α,β-unsaturated/α-hetero) is 1. The number of benzene rings is 1. The van der Waals surface area contributed by atoms with Gasteiger partial charge < -0.3 is 14.2 Å². The van der Waals surface area contributed by atoms with Crippen molar-refractivity contribution in [1.29, 1.82) is 0 Å². The summed E-state index contributed by atoms with van der Waals surface area (Å²) in [5.74, 6) is -0.336. The Hall–Kier alpha value is -2.04. The monoisotopic (exact) mass is 292 g/mol. The van der Waals surface area contributed by atoms with Crippen molar-refractivity contribution < 1.29 is 23.8 Å². The lowest BCUT2D eigenvalue weighted by molar-refractivity contribution is -0.146. The minimum atomic E-state index is -0.742. The van der Waals surface area contributed by atoms with Crippen LogP contribution in [0.4, 0.5) is 0 Å². The molecule has 114 valence electrons. The molecular weight excluding hydrogens is 272 g/mol. The van der Waals surface area contributed by atoms with Crippen molar-refractivity contribution in [3.05, 3.63) is 23.3 Å². The highest BCUT2D eigenvalue weighted by Gasteiger charge is 2.37. The van der Waals surface area contributed by atoms with Gasteiger partial charge in [0.25, 0.3) is 0 Å². The van der Waals surface area contributed by atoms with Gasteiger partial charge in [0, 0.05) is 5.56 Å². The Labute approximate surface area is 124 Å². The van der Waals surface area contributed by atoms with Gasteiger partial charge in [-0.25, -0.2) is 0 Å². The van der Waals surface area contributed by atoms with E-state index in [9.17, 15) is 9.59 Å². The van der Waals surface area contributed by atoms with Gasteiger partial charge in [-0.05, 0) is 30.5 Å². The Morgan fingerprint density at radius 3 is 2.52 bits per heavy atom. The van der Waals surface area contributed by atoms with E-state index in [1.54, 1.807) is 12.1 Å². The molecule has 0 spiro atoms. The Bertz CT molecular complexity index is 550. The lowest BCUT2D eigenvalue weighted by Gasteiger charge is -2.09. The van der Waals surface area contributed by atoms with Crippen LogP contribution in [0, 0.1) is 5.92 Å². The molecule has 0 aromatic heterocycles. The van der Waals surface area contributed by atoms with E-state index in [2.05, 4.69) is 0 Å². The quantitative estimate of drug-likeness (QED) is 0.458. The van der Waals surface area contributed by atoms with Crippen LogP contribution in [0.5, 0.6) is 11.5 Å². The number of methoxy groups -OCH3 is 2. The van der Waals surface area contributed by atoms with Crippen LogP contribution in [-0.2, 0) is 16.0 Å². The van der Waals surface area contributed by atoms with Crippen LogP contribution in [0.2, 0.25) is 0 Å². The van der Waals surface area contributed by atoms with Crippen molar-refractivity contribution in [3.8, 4) is 11.5 Å². The maximum atomic E-state index is 12.3. The number of esters is 1. The van der Waals surface area contributed by atoms with E-state index in [1.807, 2.05) is 6.92 Å². The highest BCUT2D eigenvalue weighted by molar-refractivity contribution is 6.12. The summed E-state index contributed by atoms with van der Waals surface area (Å²) < 4.78 is 15.6. The number of unbranched alkanes of at least 4 members (excludes halogenated alkanes) is 1. The molecule has 21 heavy (non-hydrogen) atoms. The topological polar surface area (TPSA) is 61.8 Å². The molecule has 1 unspecified atom stereocenters. The van der Waals surface area contributed by atoms with Crippen molar-refractivity contribution in [3.63, 3.8) is 0 Å². The first kappa shape index (κ1) is 15.4. The van der Waals surface area contributed by atoms with Gasteiger partial charge in [0.1, 0.15) is 5.92 Å². The second-order valence-corrected chi connectivity index (χ2v) is 5.01. The third kappa shape index (κ3) is 3.01. The lowest BCUT2D eigenvalue weighted by atomic mass is 10.1. The molecule has 0 amide bonds. The lowest BCUT2D eigenvalue weighted by Crippen LogP contribution is -2.23. The predicted octanol–water partition coefficient (Wildman–Crippen LogP) is 2.40. The summed E-state index contributed by atoms with van der Waals surface area (Å²) in [6.07, 6.45) is 2.11. The Balaban J connectivity index is 2.18. The standard InChI is InChI=1S/C16H20O5/c1-4-5-6-21-16(18)12-7-10-8-13(19-2)14(20-3)9-11(10)15(12)17/h8-9,12H,4-7H2,1-3H3. The molecule has 0 bridgehead atoms. The molecule has 1 aromatic rings. The Morgan fingerprint density at radius 2 is 1.90 bits per heavy atom. The van der Waals surface area contributed by atoms with Crippen LogP contribution in [0.25, 0.3) is 0 Å². The molecule has 1 aliphatic carbocycles. The van der Waals surface area contributed by atoms with Gasteiger partial charge in [-0.2, -0.15) is 0 Å². The first-order valence-electron chi connectivity index (χ1n) is 7.08. The summed E-state index contributed by atoms with van der Waals surface area (Å²) in [5, 5.41) is 0. The summed E-state index contributed by atoms with van der Waals surface area (Å²) in [6.45, 7) is 2.38. The van der Waals surface area contributed by atoms with Crippen LogP contribution in [-0.4, -0.2) is 32.6 Å². The Kier molecular flexibility index (Phi) is 4.83. The SMILES string of the molecule is CCCCOC(=O)C1Cc2cc(OC)c(OC)cc2C1=O. The van der Waals surface area contributed by atoms with Crippen LogP contribution in [0.15, 0.2) is 12.1 Å². The minimum absolute atomic E-state index is 0.201. The van der Waals surface area contributed by atoms with Crippen LogP contribution in [0.1, 0.15) is 35.7 Å². The minimum Gasteiger partial charge on any atom is -0.493 e. The molecule has 0 saturated heterocycles. The van der Waals surface area contributed by atoms with Gasteiger partial charge in [0.2, 0.25) is 0 Å². The number of carbonyl (C=O) groups excluding carboxylic acids is 2. The maximum Gasteiger partial charge on any atom is 0.317 e. The predicted molar refractivity (Wildman–Crippen MR) is 76.9 cm³/mol. The molecule has 0 N–H and O–H groups in total. The number of hydrogen-bond donors (Lipinski definition) is 0. The summed E-state index contributed by atoms with van der Waals surface area (Å²) in [4.78, 5) is 24.3. The van der Waals surface area contributed by atoms with E-state index in [-0.39, 0.29) is 5.78 Å². The van der Waals surface area contributed by atoms with E-state index < -0.39 is 11.9 Å². The fourth-order valence-corrected chi connectivity index (χ4v) is 2.43. The molecule has 1 atom stereocenters. The average Bonchev–Trinajstić information content (AvgIpc) is 2.82. The van der Waals surface area contributed by atoms with Crippen molar-refractivity contribution in [2.45, 2.75) is 26.2 Å². The zero-order valence-electron chi connectivity index (χ0n) is 12.6. The average molecular weight is 292 g/mol. The summed E-state index contributed by atoms with van der Waals surface area (Å²) in [7, 11) is 3.05. The molecule has 1 aromatic carbocycles. The van der Waals surface area contributed by atoms with Crippen molar-refractivity contribution in [2.24, 2.45) is 5.92 Å². The first-order chi connectivity index (χ1) is 10.1. The van der Waals surface area contributed by atoms with Gasteiger partial charge in [0.05, 0.1) is 20.8 Å². The largest absolute Gasteiger partial charge is 0.493 e. The molecule has 0 aliphatic heterocycles. The third-order valence-corrected chi connectivity index (χ3v) is 3.64. The molecule has 1 aliphatic rings. The highest BCUT2D eigenvalue weighted by Crippen LogP contribution is 2.37. The highest BCUT2D eigenvalue weighted by atomic mass is 16.5. The van der Waals surface area contributed by atoms with E-state index >= 15 is 0 Å². The van der Waals surface area contributed by atoms with Crippen molar-refractivity contribution in [1.82, 2.24) is 0 Å². The number of carbonyl (C=O) groups is 2. The van der Waals surface area contributed by atoms with Gasteiger partial charge in [-0.1, -0.05) is 13.3 Å². The molecule has 0 saturated carbocycles. The zero-order chi connectivity index (χ0) is 15.4. The van der Waals surface area contributed by atoms with Gasteiger partial charge >= 0.3 is 5.97 Å². The molecule has 2 rings (SSSR count). The summed E-state index contributed by atoms with van der Waals surface area (Å²) in [6, 6.07) is 3.39. The smallest absolute Gasteiger partial charge is 0.317 e. The maximum absolute atomic E-state index is 12.3. The number of ketones is 1. The van der Waals surface area contributed by atoms with Gasteiger partial charge in [-0.15, -0.1) is 0 Å². The molecule has 0 fully saturated rings. The number of rotatable bonds is 6. The molecule has 0 radical (unpaired) electrons. The Morgan fingerprint density at radius 1 is 1.24 bits per heavy atom.